The molecule has 0 radical (unpaired) electrons. The summed E-state index contributed by atoms with van der Waals surface area (Å²) < 4.78 is 10.9. The number of fused-ring (bicyclic) bond motifs is 1. The SMILES string of the molecule is N#Cc1ccccc1OCC(=O)N/N=C/C1=Cc2cc(Cl)cc(Cl)c2OC1. The molecule has 27 heavy (non-hydrogen) atoms. The first-order chi connectivity index (χ1) is 13.1. The summed E-state index contributed by atoms with van der Waals surface area (Å²) in [6.07, 6.45) is 3.30. The van der Waals surface area contributed by atoms with E-state index in [9.17, 15) is 4.79 Å². The Bertz CT molecular complexity index is 981. The fourth-order valence-corrected chi connectivity index (χ4v) is 2.92. The molecule has 1 heterocycles. The summed E-state index contributed by atoms with van der Waals surface area (Å²) in [5, 5.41) is 13.8. The van der Waals surface area contributed by atoms with Gasteiger partial charge in [0.2, 0.25) is 0 Å². The Morgan fingerprint density at radius 1 is 1.37 bits per heavy atom. The van der Waals surface area contributed by atoms with Gasteiger partial charge >= 0.3 is 0 Å². The Labute approximate surface area is 165 Å². The molecule has 0 fully saturated rings. The molecule has 3 rings (SSSR count). The topological polar surface area (TPSA) is 83.7 Å². The lowest BCUT2D eigenvalue weighted by molar-refractivity contribution is -0.123. The van der Waals surface area contributed by atoms with Gasteiger partial charge in [-0.2, -0.15) is 10.4 Å². The number of halogens is 2. The molecule has 2 aromatic carbocycles. The minimum absolute atomic E-state index is 0.264. The third-order valence-electron chi connectivity index (χ3n) is 3.55. The van der Waals surface area contributed by atoms with Gasteiger partial charge in [0, 0.05) is 16.2 Å². The number of rotatable bonds is 5. The van der Waals surface area contributed by atoms with E-state index >= 15 is 0 Å². The fraction of sp³-hybridized carbons (Fsp3) is 0.105. The van der Waals surface area contributed by atoms with Crippen LogP contribution in [0.5, 0.6) is 11.5 Å². The fourth-order valence-electron chi connectivity index (χ4n) is 2.36. The molecular weight excluding hydrogens is 389 g/mol. The zero-order chi connectivity index (χ0) is 19.2. The minimum Gasteiger partial charge on any atom is -0.487 e. The average Bonchev–Trinajstić information content (AvgIpc) is 2.66. The Morgan fingerprint density at radius 3 is 3.00 bits per heavy atom. The third kappa shape index (κ3) is 4.79. The van der Waals surface area contributed by atoms with Crippen LogP contribution in [0.25, 0.3) is 6.08 Å². The lowest BCUT2D eigenvalue weighted by Crippen LogP contribution is -2.25. The standard InChI is InChI=1S/C19H13Cl2N3O3/c20-15-6-14-5-12(10-27-19(14)16(21)7-15)9-23-24-18(25)11-26-17-4-2-1-3-13(17)8-22/h1-7,9H,10-11H2,(H,24,25)/b23-9+. The Hall–Kier alpha value is -3.01. The lowest BCUT2D eigenvalue weighted by atomic mass is 10.1. The van der Waals surface area contributed by atoms with E-state index in [1.807, 2.05) is 12.1 Å². The van der Waals surface area contributed by atoms with Crippen molar-refractivity contribution in [2.45, 2.75) is 0 Å². The maximum atomic E-state index is 11.8. The highest BCUT2D eigenvalue weighted by atomic mass is 35.5. The number of nitriles is 1. The molecule has 8 heteroatoms. The minimum atomic E-state index is -0.456. The van der Waals surface area contributed by atoms with Crippen LogP contribution in [-0.2, 0) is 4.79 Å². The number of carbonyl (C=O) groups excluding carboxylic acids is 1. The van der Waals surface area contributed by atoms with Gasteiger partial charge in [-0.1, -0.05) is 35.3 Å². The van der Waals surface area contributed by atoms with Gasteiger partial charge < -0.3 is 9.47 Å². The zero-order valence-corrected chi connectivity index (χ0v) is 15.4. The van der Waals surface area contributed by atoms with Gasteiger partial charge in [-0.3, -0.25) is 4.79 Å². The predicted molar refractivity (Wildman–Crippen MR) is 103 cm³/mol. The van der Waals surface area contributed by atoms with Crippen LogP contribution in [0.4, 0.5) is 0 Å². The number of nitrogens with one attached hydrogen (secondary N) is 1. The van der Waals surface area contributed by atoms with Crippen LogP contribution >= 0.6 is 23.2 Å². The van der Waals surface area contributed by atoms with E-state index in [-0.39, 0.29) is 13.2 Å². The van der Waals surface area contributed by atoms with Gasteiger partial charge in [0.25, 0.3) is 5.91 Å². The van der Waals surface area contributed by atoms with Crippen LogP contribution in [0.2, 0.25) is 10.0 Å². The van der Waals surface area contributed by atoms with Crippen molar-refractivity contribution < 1.29 is 14.3 Å². The Balaban J connectivity index is 1.57. The van der Waals surface area contributed by atoms with Crippen LogP contribution in [0.15, 0.2) is 47.1 Å². The number of carbonyl (C=O) groups is 1. The molecule has 1 N–H and O–H groups in total. The average molecular weight is 402 g/mol. The van der Waals surface area contributed by atoms with E-state index in [4.69, 9.17) is 37.9 Å². The highest BCUT2D eigenvalue weighted by Gasteiger charge is 2.15. The number of amides is 1. The second-order valence-electron chi connectivity index (χ2n) is 5.50. The number of hydrazone groups is 1. The quantitative estimate of drug-likeness (QED) is 0.609. The molecule has 0 unspecified atom stereocenters. The van der Waals surface area contributed by atoms with E-state index < -0.39 is 5.91 Å². The van der Waals surface area contributed by atoms with Crippen molar-refractivity contribution in [3.05, 3.63) is 63.1 Å². The molecule has 0 aromatic heterocycles. The maximum absolute atomic E-state index is 11.8. The molecule has 1 aliphatic rings. The summed E-state index contributed by atoms with van der Waals surface area (Å²) in [4.78, 5) is 11.8. The van der Waals surface area contributed by atoms with Crippen molar-refractivity contribution in [1.82, 2.24) is 5.43 Å². The maximum Gasteiger partial charge on any atom is 0.277 e. The van der Waals surface area contributed by atoms with E-state index in [2.05, 4.69) is 10.5 Å². The highest BCUT2D eigenvalue weighted by Crippen LogP contribution is 2.36. The van der Waals surface area contributed by atoms with Gasteiger partial charge in [-0.15, -0.1) is 0 Å². The van der Waals surface area contributed by atoms with Crippen LogP contribution in [-0.4, -0.2) is 25.3 Å². The van der Waals surface area contributed by atoms with Crippen molar-refractivity contribution in [3.63, 3.8) is 0 Å². The Kier molecular flexibility index (Phi) is 5.97. The van der Waals surface area contributed by atoms with Crippen molar-refractivity contribution >= 4 is 41.4 Å². The van der Waals surface area contributed by atoms with Crippen LogP contribution < -0.4 is 14.9 Å². The molecule has 0 aliphatic carbocycles. The number of ether oxygens (including phenoxy) is 2. The largest absolute Gasteiger partial charge is 0.487 e. The second-order valence-corrected chi connectivity index (χ2v) is 6.35. The summed E-state index contributed by atoms with van der Waals surface area (Å²) in [7, 11) is 0. The van der Waals surface area contributed by atoms with E-state index in [0.717, 1.165) is 11.1 Å². The number of hydrogen-bond donors (Lipinski definition) is 1. The first kappa shape index (κ1) is 18.8. The summed E-state index contributed by atoms with van der Waals surface area (Å²) in [6.45, 7) is -0.000597. The number of nitrogens with zero attached hydrogens (tertiary/aromatic N) is 2. The smallest absolute Gasteiger partial charge is 0.277 e. The second kappa shape index (κ2) is 8.58. The first-order valence-electron chi connectivity index (χ1n) is 7.83. The molecule has 2 aromatic rings. The van der Waals surface area contributed by atoms with Crippen molar-refractivity contribution in [3.8, 4) is 17.6 Å². The van der Waals surface area contributed by atoms with Crippen LogP contribution in [0.1, 0.15) is 11.1 Å². The molecular formula is C19H13Cl2N3O3. The molecule has 136 valence electrons. The van der Waals surface area contributed by atoms with Gasteiger partial charge in [0.05, 0.1) is 16.8 Å². The number of para-hydroxylation sites is 1. The molecule has 6 nitrogen and oxygen atoms in total. The monoisotopic (exact) mass is 401 g/mol. The molecule has 1 amide bonds. The first-order valence-corrected chi connectivity index (χ1v) is 8.58. The molecule has 0 atom stereocenters. The summed E-state index contributed by atoms with van der Waals surface area (Å²) in [5.74, 6) is 0.447. The molecule has 0 saturated heterocycles. The van der Waals surface area contributed by atoms with Gasteiger partial charge in [-0.25, -0.2) is 5.43 Å². The van der Waals surface area contributed by atoms with Crippen LogP contribution in [0.3, 0.4) is 0 Å². The Morgan fingerprint density at radius 2 is 2.19 bits per heavy atom. The highest BCUT2D eigenvalue weighted by molar-refractivity contribution is 6.36. The van der Waals surface area contributed by atoms with Gasteiger partial charge in [-0.05, 0) is 30.3 Å². The predicted octanol–water partition coefficient (Wildman–Crippen LogP) is 3.82. The molecule has 0 spiro atoms. The van der Waals surface area contributed by atoms with Crippen molar-refractivity contribution in [2.24, 2.45) is 5.10 Å². The van der Waals surface area contributed by atoms with E-state index in [1.165, 1.54) is 6.21 Å². The molecule has 0 bridgehead atoms. The molecule has 1 aliphatic heterocycles. The summed E-state index contributed by atoms with van der Waals surface area (Å²) in [5.41, 5.74) is 4.19. The zero-order valence-electron chi connectivity index (χ0n) is 13.9. The van der Waals surface area contributed by atoms with Crippen molar-refractivity contribution in [2.75, 3.05) is 13.2 Å². The van der Waals surface area contributed by atoms with Gasteiger partial charge in [0.1, 0.15) is 24.2 Å². The van der Waals surface area contributed by atoms with E-state index in [1.54, 1.807) is 36.4 Å². The van der Waals surface area contributed by atoms with Crippen molar-refractivity contribution in [1.29, 1.82) is 5.26 Å². The lowest BCUT2D eigenvalue weighted by Gasteiger charge is -2.17. The number of benzene rings is 2. The van der Waals surface area contributed by atoms with Gasteiger partial charge in [0.15, 0.2) is 6.61 Å². The summed E-state index contributed by atoms with van der Waals surface area (Å²) in [6, 6.07) is 12.0. The third-order valence-corrected chi connectivity index (χ3v) is 4.05. The number of hydrogen-bond acceptors (Lipinski definition) is 5. The van der Waals surface area contributed by atoms with E-state index in [0.29, 0.717) is 27.1 Å². The summed E-state index contributed by atoms with van der Waals surface area (Å²) >= 11 is 12.1. The van der Waals surface area contributed by atoms with Crippen LogP contribution in [0, 0.1) is 11.3 Å². The molecule has 0 saturated carbocycles. The normalized spacial score (nSPS) is 12.6.